The van der Waals surface area contributed by atoms with E-state index in [0.717, 1.165) is 23.5 Å². The molecule has 0 bridgehead atoms. The predicted octanol–water partition coefficient (Wildman–Crippen LogP) is 1.48. The largest absolute Gasteiger partial charge is 0.476 e. The van der Waals surface area contributed by atoms with Gasteiger partial charge in [0.15, 0.2) is 5.69 Å². The first-order chi connectivity index (χ1) is 8.18. The molecule has 2 aromatic rings. The molecule has 0 saturated carbocycles. The topological polar surface area (TPSA) is 66.6 Å². The summed E-state index contributed by atoms with van der Waals surface area (Å²) in [6, 6.07) is 5.48. The van der Waals surface area contributed by atoms with Gasteiger partial charge in [-0.15, -0.1) is 0 Å². The number of nitrogens with one attached hydrogen (secondary N) is 1. The molecular formula is C11H10BrN3O2. The van der Waals surface area contributed by atoms with E-state index in [1.165, 1.54) is 0 Å². The fourth-order valence-corrected chi connectivity index (χ4v) is 2.55. The van der Waals surface area contributed by atoms with Crippen LogP contribution in [-0.2, 0) is 0 Å². The predicted molar refractivity (Wildman–Crippen MR) is 65.5 cm³/mol. The van der Waals surface area contributed by atoms with E-state index >= 15 is 0 Å². The summed E-state index contributed by atoms with van der Waals surface area (Å²) in [5.41, 5.74) is 0.752. The van der Waals surface area contributed by atoms with Gasteiger partial charge in [0.2, 0.25) is 0 Å². The van der Waals surface area contributed by atoms with Crippen molar-refractivity contribution in [2.24, 2.45) is 0 Å². The Hall–Kier alpha value is -1.40. The van der Waals surface area contributed by atoms with Crippen molar-refractivity contribution in [3.8, 4) is 0 Å². The zero-order chi connectivity index (χ0) is 12.0. The first-order valence-corrected chi connectivity index (χ1v) is 6.08. The molecule has 17 heavy (non-hydrogen) atoms. The molecule has 6 heteroatoms. The van der Waals surface area contributed by atoms with Crippen LogP contribution in [0.4, 0.5) is 0 Å². The molecule has 0 aromatic carbocycles. The average molecular weight is 296 g/mol. The molecule has 0 aliphatic carbocycles. The van der Waals surface area contributed by atoms with Gasteiger partial charge >= 0.3 is 5.97 Å². The van der Waals surface area contributed by atoms with Gasteiger partial charge in [-0.25, -0.2) is 9.78 Å². The van der Waals surface area contributed by atoms with E-state index in [9.17, 15) is 4.79 Å². The highest BCUT2D eigenvalue weighted by molar-refractivity contribution is 9.10. The van der Waals surface area contributed by atoms with Crippen molar-refractivity contribution in [2.45, 2.75) is 5.92 Å². The lowest BCUT2D eigenvalue weighted by atomic mass is 10.0. The van der Waals surface area contributed by atoms with Gasteiger partial charge in [0.25, 0.3) is 0 Å². The molecule has 0 spiro atoms. The Morgan fingerprint density at radius 1 is 1.53 bits per heavy atom. The van der Waals surface area contributed by atoms with Gasteiger partial charge in [-0.1, -0.05) is 6.07 Å². The Balaban J connectivity index is 2.30. The monoisotopic (exact) mass is 295 g/mol. The summed E-state index contributed by atoms with van der Waals surface area (Å²) in [6.45, 7) is 1.69. The smallest absolute Gasteiger partial charge is 0.356 e. The van der Waals surface area contributed by atoms with Crippen molar-refractivity contribution >= 4 is 27.4 Å². The molecule has 2 aromatic heterocycles. The third kappa shape index (κ3) is 1.56. The Labute approximate surface area is 106 Å². The fraction of sp³-hybridized carbons (Fsp3) is 0.273. The Morgan fingerprint density at radius 2 is 2.29 bits per heavy atom. The van der Waals surface area contributed by atoms with Gasteiger partial charge in [0, 0.05) is 19.0 Å². The van der Waals surface area contributed by atoms with Gasteiger partial charge in [-0.3, -0.25) is 4.40 Å². The van der Waals surface area contributed by atoms with Crippen LogP contribution in [0.2, 0.25) is 0 Å². The quantitative estimate of drug-likeness (QED) is 0.824. The number of aromatic nitrogens is 2. The van der Waals surface area contributed by atoms with Crippen LogP contribution in [0, 0.1) is 0 Å². The number of nitrogens with zero attached hydrogens (tertiary/aromatic N) is 2. The molecule has 0 atom stereocenters. The summed E-state index contributed by atoms with van der Waals surface area (Å²) in [5, 5.41) is 12.3. The summed E-state index contributed by atoms with van der Waals surface area (Å²) in [4.78, 5) is 15.4. The van der Waals surface area contributed by atoms with Crippen molar-refractivity contribution in [3.63, 3.8) is 0 Å². The Kier molecular flexibility index (Phi) is 2.41. The number of hydrogen-bond acceptors (Lipinski definition) is 3. The number of fused-ring (bicyclic) bond motifs is 1. The summed E-state index contributed by atoms with van der Waals surface area (Å²) in [5.74, 6) is 0.108. The molecule has 1 aliphatic heterocycles. The van der Waals surface area contributed by atoms with Crippen molar-refractivity contribution in [1.29, 1.82) is 0 Å². The lowest BCUT2D eigenvalue weighted by molar-refractivity contribution is 0.0693. The average Bonchev–Trinajstić information content (AvgIpc) is 2.56. The lowest BCUT2D eigenvalue weighted by Crippen LogP contribution is -2.41. The van der Waals surface area contributed by atoms with E-state index in [1.54, 1.807) is 6.07 Å². The van der Waals surface area contributed by atoms with Crippen LogP contribution in [0.3, 0.4) is 0 Å². The normalized spacial score (nSPS) is 16.1. The van der Waals surface area contributed by atoms with E-state index in [-0.39, 0.29) is 11.6 Å². The molecule has 88 valence electrons. The molecule has 0 unspecified atom stereocenters. The number of imidazole rings is 1. The van der Waals surface area contributed by atoms with E-state index in [0.29, 0.717) is 5.52 Å². The van der Waals surface area contributed by atoms with E-state index in [4.69, 9.17) is 5.11 Å². The maximum Gasteiger partial charge on any atom is 0.356 e. The number of pyridine rings is 1. The van der Waals surface area contributed by atoms with Gasteiger partial charge in [0.05, 0.1) is 10.1 Å². The SMILES string of the molecule is O=C(O)c1nc(C2CNC2)n2c(Br)cccc12. The Morgan fingerprint density at radius 3 is 2.88 bits per heavy atom. The third-order valence-electron chi connectivity index (χ3n) is 2.99. The highest BCUT2D eigenvalue weighted by atomic mass is 79.9. The first-order valence-electron chi connectivity index (χ1n) is 5.29. The molecule has 3 rings (SSSR count). The number of halogens is 1. The van der Waals surface area contributed by atoms with E-state index < -0.39 is 5.97 Å². The number of rotatable bonds is 2. The Bertz CT molecular complexity index is 604. The number of carboxylic acid groups (broad SMARTS) is 1. The van der Waals surface area contributed by atoms with Crippen LogP contribution in [0.25, 0.3) is 5.52 Å². The summed E-state index contributed by atoms with van der Waals surface area (Å²) in [7, 11) is 0. The fourth-order valence-electron chi connectivity index (χ4n) is 2.02. The van der Waals surface area contributed by atoms with Crippen LogP contribution in [-0.4, -0.2) is 33.6 Å². The first kappa shape index (κ1) is 10.7. The molecule has 1 fully saturated rings. The van der Waals surface area contributed by atoms with E-state index in [1.807, 2.05) is 16.5 Å². The maximum absolute atomic E-state index is 11.2. The lowest BCUT2D eigenvalue weighted by Gasteiger charge is -2.26. The highest BCUT2D eigenvalue weighted by Gasteiger charge is 2.27. The zero-order valence-corrected chi connectivity index (χ0v) is 10.4. The maximum atomic E-state index is 11.2. The summed E-state index contributed by atoms with van der Waals surface area (Å²) >= 11 is 3.44. The van der Waals surface area contributed by atoms with Crippen molar-refractivity contribution < 1.29 is 9.90 Å². The molecule has 3 heterocycles. The zero-order valence-electron chi connectivity index (χ0n) is 8.85. The van der Waals surface area contributed by atoms with Gasteiger partial charge in [-0.2, -0.15) is 0 Å². The molecule has 2 N–H and O–H groups in total. The van der Waals surface area contributed by atoms with Crippen LogP contribution in [0.15, 0.2) is 22.8 Å². The van der Waals surface area contributed by atoms with Gasteiger partial charge < -0.3 is 10.4 Å². The standard InChI is InChI=1S/C11H10BrN3O2/c12-8-3-1-2-7-9(11(16)17)14-10(15(7)8)6-4-13-5-6/h1-3,6,13H,4-5H2,(H,16,17). The van der Waals surface area contributed by atoms with Crippen molar-refractivity contribution in [3.05, 3.63) is 34.3 Å². The molecule has 1 aliphatic rings. The molecule has 0 radical (unpaired) electrons. The van der Waals surface area contributed by atoms with E-state index in [2.05, 4.69) is 26.2 Å². The summed E-state index contributed by atoms with van der Waals surface area (Å²) < 4.78 is 2.70. The number of carbonyl (C=O) groups is 1. The molecule has 5 nitrogen and oxygen atoms in total. The van der Waals surface area contributed by atoms with Crippen molar-refractivity contribution in [2.75, 3.05) is 13.1 Å². The van der Waals surface area contributed by atoms with Crippen LogP contribution in [0.1, 0.15) is 22.2 Å². The minimum Gasteiger partial charge on any atom is -0.476 e. The minimum absolute atomic E-state index is 0.119. The van der Waals surface area contributed by atoms with Crippen LogP contribution in [0.5, 0.6) is 0 Å². The molecule has 1 saturated heterocycles. The second-order valence-corrected chi connectivity index (χ2v) is 4.86. The minimum atomic E-state index is -0.987. The van der Waals surface area contributed by atoms with Gasteiger partial charge in [-0.05, 0) is 28.1 Å². The number of hydrogen-bond donors (Lipinski definition) is 2. The van der Waals surface area contributed by atoms with Crippen LogP contribution >= 0.6 is 15.9 Å². The molecule has 0 amide bonds. The van der Waals surface area contributed by atoms with Crippen LogP contribution < -0.4 is 5.32 Å². The summed E-state index contributed by atoms with van der Waals surface area (Å²) in [6.07, 6.45) is 0. The molecular weight excluding hydrogens is 286 g/mol. The second kappa shape index (κ2) is 3.82. The third-order valence-corrected chi connectivity index (χ3v) is 3.61. The highest BCUT2D eigenvalue weighted by Crippen LogP contribution is 2.26. The number of aromatic carboxylic acids is 1. The van der Waals surface area contributed by atoms with Gasteiger partial charge in [0.1, 0.15) is 5.82 Å². The second-order valence-electron chi connectivity index (χ2n) is 4.05. The van der Waals surface area contributed by atoms with Crippen molar-refractivity contribution in [1.82, 2.24) is 14.7 Å². The number of carboxylic acids is 1.